The van der Waals surface area contributed by atoms with Crippen LogP contribution in [0.4, 0.5) is 0 Å². The maximum absolute atomic E-state index is 12.1. The van der Waals surface area contributed by atoms with Crippen molar-refractivity contribution in [2.75, 3.05) is 12.9 Å². The number of ether oxygens (including phenoxy) is 1. The molecule has 4 heteroatoms. The molecule has 112 valence electrons. The second-order valence-corrected chi connectivity index (χ2v) is 7.42. The van der Waals surface area contributed by atoms with Crippen LogP contribution >= 0.6 is 11.8 Å². The molecule has 3 nitrogen and oxygen atoms in total. The van der Waals surface area contributed by atoms with Crippen molar-refractivity contribution >= 4 is 17.7 Å². The molecule has 1 aliphatic carbocycles. The summed E-state index contributed by atoms with van der Waals surface area (Å²) in [6, 6.07) is 0.303. The molecule has 0 bridgehead atoms. The molecule has 0 aromatic rings. The molecule has 0 heterocycles. The van der Waals surface area contributed by atoms with E-state index in [9.17, 15) is 4.79 Å². The van der Waals surface area contributed by atoms with Gasteiger partial charge in [-0.05, 0) is 44.8 Å². The van der Waals surface area contributed by atoms with Crippen LogP contribution in [0, 0.1) is 5.92 Å². The van der Waals surface area contributed by atoms with E-state index in [-0.39, 0.29) is 5.97 Å². The largest absolute Gasteiger partial charge is 0.468 e. The smallest absolute Gasteiger partial charge is 0.326 e. The van der Waals surface area contributed by atoms with Crippen LogP contribution in [0.15, 0.2) is 0 Å². The summed E-state index contributed by atoms with van der Waals surface area (Å²) in [7, 11) is 1.49. The fourth-order valence-corrected chi connectivity index (χ4v) is 4.21. The summed E-state index contributed by atoms with van der Waals surface area (Å²) in [6.07, 6.45) is 4.14. The van der Waals surface area contributed by atoms with E-state index >= 15 is 0 Å². The highest BCUT2D eigenvalue weighted by Crippen LogP contribution is 2.39. The predicted molar refractivity (Wildman–Crippen MR) is 82.6 cm³/mol. The standard InChI is InChI=1S/C15H29NO2S/c1-6-12(4)10-19-13-7-8-15(9-13,14(17)18-5)16-11(2)3/h11-13,16H,6-10H2,1-5H3. The van der Waals surface area contributed by atoms with Crippen molar-refractivity contribution in [2.24, 2.45) is 5.92 Å². The minimum atomic E-state index is -0.448. The topological polar surface area (TPSA) is 38.3 Å². The van der Waals surface area contributed by atoms with Crippen molar-refractivity contribution in [1.29, 1.82) is 0 Å². The number of methoxy groups -OCH3 is 1. The van der Waals surface area contributed by atoms with Gasteiger partial charge in [0.25, 0.3) is 0 Å². The quantitative estimate of drug-likeness (QED) is 0.730. The number of nitrogens with one attached hydrogen (secondary N) is 1. The molecular weight excluding hydrogens is 258 g/mol. The first kappa shape index (κ1) is 16.8. The maximum Gasteiger partial charge on any atom is 0.326 e. The van der Waals surface area contributed by atoms with E-state index < -0.39 is 5.54 Å². The highest BCUT2D eigenvalue weighted by atomic mass is 32.2. The summed E-state index contributed by atoms with van der Waals surface area (Å²) in [6.45, 7) is 8.70. The zero-order chi connectivity index (χ0) is 14.5. The molecule has 1 N–H and O–H groups in total. The van der Waals surface area contributed by atoms with Gasteiger partial charge in [-0.1, -0.05) is 20.3 Å². The summed E-state index contributed by atoms with van der Waals surface area (Å²) < 4.78 is 5.02. The van der Waals surface area contributed by atoms with E-state index in [1.54, 1.807) is 0 Å². The number of carbonyl (C=O) groups excluding carboxylic acids is 1. The number of hydrogen-bond donors (Lipinski definition) is 1. The summed E-state index contributed by atoms with van der Waals surface area (Å²) in [5, 5.41) is 4.03. The van der Waals surface area contributed by atoms with Crippen molar-refractivity contribution in [3.8, 4) is 0 Å². The summed E-state index contributed by atoms with van der Waals surface area (Å²) in [5.41, 5.74) is -0.448. The van der Waals surface area contributed by atoms with Gasteiger partial charge in [0.15, 0.2) is 0 Å². The Morgan fingerprint density at radius 3 is 2.68 bits per heavy atom. The molecule has 0 radical (unpaired) electrons. The number of carbonyl (C=O) groups is 1. The Bertz CT molecular complexity index is 296. The van der Waals surface area contributed by atoms with Crippen LogP contribution in [0.3, 0.4) is 0 Å². The minimum Gasteiger partial charge on any atom is -0.468 e. The lowest BCUT2D eigenvalue weighted by molar-refractivity contribution is -0.148. The molecule has 0 amide bonds. The van der Waals surface area contributed by atoms with Gasteiger partial charge in [-0.3, -0.25) is 10.1 Å². The first-order valence-corrected chi connectivity index (χ1v) is 8.46. The number of esters is 1. The lowest BCUT2D eigenvalue weighted by Gasteiger charge is -2.30. The zero-order valence-corrected chi connectivity index (χ0v) is 13.8. The number of thioether (sulfide) groups is 1. The molecule has 0 aromatic heterocycles. The van der Waals surface area contributed by atoms with Gasteiger partial charge in [-0.15, -0.1) is 0 Å². The molecule has 1 fully saturated rings. The Morgan fingerprint density at radius 1 is 1.47 bits per heavy atom. The van der Waals surface area contributed by atoms with Crippen molar-refractivity contribution in [1.82, 2.24) is 5.32 Å². The Hall–Kier alpha value is -0.220. The van der Waals surface area contributed by atoms with Gasteiger partial charge >= 0.3 is 5.97 Å². The number of rotatable bonds is 7. The van der Waals surface area contributed by atoms with Crippen LogP contribution in [0.2, 0.25) is 0 Å². The Morgan fingerprint density at radius 2 is 2.16 bits per heavy atom. The van der Waals surface area contributed by atoms with Gasteiger partial charge < -0.3 is 4.74 Å². The fraction of sp³-hybridized carbons (Fsp3) is 0.933. The van der Waals surface area contributed by atoms with Gasteiger partial charge in [0.05, 0.1) is 7.11 Å². The Kier molecular flexibility index (Phi) is 6.67. The van der Waals surface area contributed by atoms with Gasteiger partial charge in [0, 0.05) is 11.3 Å². The van der Waals surface area contributed by atoms with E-state index in [2.05, 4.69) is 33.0 Å². The molecule has 1 rings (SSSR count). The van der Waals surface area contributed by atoms with Gasteiger partial charge in [-0.25, -0.2) is 0 Å². The van der Waals surface area contributed by atoms with Gasteiger partial charge in [-0.2, -0.15) is 11.8 Å². The summed E-state index contributed by atoms with van der Waals surface area (Å²) in [4.78, 5) is 12.1. The third-order valence-electron chi connectivity index (χ3n) is 3.92. The van der Waals surface area contributed by atoms with Crippen molar-refractivity contribution in [3.05, 3.63) is 0 Å². The fourth-order valence-electron chi connectivity index (χ4n) is 2.68. The second-order valence-electron chi connectivity index (χ2n) is 6.08. The normalized spacial score (nSPS) is 28.6. The van der Waals surface area contributed by atoms with E-state index in [1.807, 2.05) is 11.8 Å². The monoisotopic (exact) mass is 287 g/mol. The maximum atomic E-state index is 12.1. The van der Waals surface area contributed by atoms with Gasteiger partial charge in [0.1, 0.15) is 5.54 Å². The second kappa shape index (κ2) is 7.53. The van der Waals surface area contributed by atoms with Crippen molar-refractivity contribution in [3.63, 3.8) is 0 Å². The average molecular weight is 287 g/mol. The minimum absolute atomic E-state index is 0.0900. The molecule has 1 aliphatic rings. The SMILES string of the molecule is CCC(C)CSC1CCC(NC(C)C)(C(=O)OC)C1. The van der Waals surface area contributed by atoms with E-state index in [1.165, 1.54) is 19.3 Å². The van der Waals surface area contributed by atoms with E-state index in [0.29, 0.717) is 11.3 Å². The first-order chi connectivity index (χ1) is 8.93. The lowest BCUT2D eigenvalue weighted by atomic mass is 9.96. The van der Waals surface area contributed by atoms with Crippen LogP contribution in [-0.2, 0) is 9.53 Å². The van der Waals surface area contributed by atoms with Crippen LogP contribution in [0.5, 0.6) is 0 Å². The highest BCUT2D eigenvalue weighted by Gasteiger charge is 2.46. The lowest BCUT2D eigenvalue weighted by Crippen LogP contribution is -2.53. The number of hydrogen-bond acceptors (Lipinski definition) is 4. The molecule has 0 spiro atoms. The first-order valence-electron chi connectivity index (χ1n) is 7.41. The predicted octanol–water partition coefficient (Wildman–Crippen LogP) is 3.23. The van der Waals surface area contributed by atoms with Crippen molar-refractivity contribution < 1.29 is 9.53 Å². The average Bonchev–Trinajstić information content (AvgIpc) is 2.78. The molecule has 3 atom stereocenters. The Labute approximate surface area is 122 Å². The molecule has 0 aliphatic heterocycles. The molecule has 0 aromatic carbocycles. The molecule has 3 unspecified atom stereocenters. The molecule has 19 heavy (non-hydrogen) atoms. The third-order valence-corrected chi connectivity index (χ3v) is 5.56. The van der Waals surface area contributed by atoms with Gasteiger partial charge in [0.2, 0.25) is 0 Å². The Balaban J connectivity index is 2.59. The van der Waals surface area contributed by atoms with Crippen molar-refractivity contribution in [2.45, 2.75) is 70.2 Å². The summed E-state index contributed by atoms with van der Waals surface area (Å²) in [5.74, 6) is 1.86. The molecule has 0 saturated heterocycles. The zero-order valence-electron chi connectivity index (χ0n) is 13.0. The van der Waals surface area contributed by atoms with Crippen LogP contribution in [0.25, 0.3) is 0 Å². The highest BCUT2D eigenvalue weighted by molar-refractivity contribution is 7.99. The third kappa shape index (κ3) is 4.67. The van der Waals surface area contributed by atoms with Crippen LogP contribution < -0.4 is 5.32 Å². The molecule has 1 saturated carbocycles. The molecular formula is C15H29NO2S. The van der Waals surface area contributed by atoms with Crippen LogP contribution in [0.1, 0.15) is 53.4 Å². The van der Waals surface area contributed by atoms with Crippen LogP contribution in [-0.4, -0.2) is 35.7 Å². The summed E-state index contributed by atoms with van der Waals surface area (Å²) >= 11 is 2.03. The van der Waals surface area contributed by atoms with E-state index in [4.69, 9.17) is 4.74 Å². The van der Waals surface area contributed by atoms with E-state index in [0.717, 1.165) is 25.2 Å².